The summed E-state index contributed by atoms with van der Waals surface area (Å²) < 4.78 is 24.9. The highest BCUT2D eigenvalue weighted by Gasteiger charge is 2.35. The maximum absolute atomic E-state index is 12.2. The molecular weight excluding hydrogens is 296 g/mol. The molecule has 0 aliphatic carbocycles. The molecule has 0 saturated carbocycles. The molecule has 2 atom stereocenters. The largest absolute Gasteiger partial charge is 0.480 e. The van der Waals surface area contributed by atoms with Gasteiger partial charge in [-0.25, -0.2) is 17.9 Å². The molecule has 0 heterocycles. The predicted molar refractivity (Wildman–Crippen MR) is 80.2 cm³/mol. The van der Waals surface area contributed by atoms with Gasteiger partial charge in [-0.15, -0.1) is 0 Å². The lowest BCUT2D eigenvalue weighted by Crippen LogP contribution is -2.55. The van der Waals surface area contributed by atoms with Gasteiger partial charge in [-0.05, 0) is 17.8 Å². The van der Waals surface area contributed by atoms with Crippen LogP contribution >= 0.6 is 0 Å². The first-order chi connectivity index (χ1) is 9.24. The van der Waals surface area contributed by atoms with E-state index in [0.29, 0.717) is 0 Å². The molecule has 0 radical (unpaired) electrons. The minimum atomic E-state index is -3.56. The van der Waals surface area contributed by atoms with Crippen molar-refractivity contribution in [1.29, 1.82) is 0 Å². The van der Waals surface area contributed by atoms with Gasteiger partial charge in [-0.1, -0.05) is 34.6 Å². The molecule has 0 bridgehead atoms. The van der Waals surface area contributed by atoms with E-state index in [9.17, 15) is 23.1 Å². The van der Waals surface area contributed by atoms with Gasteiger partial charge in [0.25, 0.3) is 0 Å². The molecule has 0 aromatic carbocycles. The molecule has 0 spiro atoms. The number of amides is 1. The molecule has 0 rings (SSSR count). The first-order valence-electron chi connectivity index (χ1n) is 6.74. The number of hydrogen-bond acceptors (Lipinski definition) is 4. The molecule has 0 saturated heterocycles. The predicted octanol–water partition coefficient (Wildman–Crippen LogP) is 0.566. The summed E-state index contributed by atoms with van der Waals surface area (Å²) in [7, 11) is -3.56. The van der Waals surface area contributed by atoms with Crippen molar-refractivity contribution in [1.82, 2.24) is 10.0 Å². The standard InChI is InChI=1S/C13H26N2O5S/c1-8(2)7-9(15-21(6,19)20)11(16)14-10(12(17)18)13(3,4)5/h8-10,15H,7H2,1-6H3,(H,14,16)(H,17,18)/t9?,10-/m0/s1. The van der Waals surface area contributed by atoms with E-state index in [-0.39, 0.29) is 12.3 Å². The summed E-state index contributed by atoms with van der Waals surface area (Å²) in [5.74, 6) is -1.71. The van der Waals surface area contributed by atoms with Gasteiger partial charge in [-0.2, -0.15) is 0 Å². The number of carboxylic acids is 1. The Morgan fingerprint density at radius 3 is 1.95 bits per heavy atom. The van der Waals surface area contributed by atoms with Gasteiger partial charge in [-0.3, -0.25) is 4.79 Å². The minimum absolute atomic E-state index is 0.0768. The van der Waals surface area contributed by atoms with Crippen LogP contribution in [0.5, 0.6) is 0 Å². The lowest BCUT2D eigenvalue weighted by Gasteiger charge is -2.29. The van der Waals surface area contributed by atoms with E-state index in [2.05, 4.69) is 10.0 Å². The van der Waals surface area contributed by atoms with Gasteiger partial charge >= 0.3 is 5.97 Å². The Bertz CT molecular complexity index is 479. The third-order valence-corrected chi connectivity index (χ3v) is 3.49. The Hall–Kier alpha value is -1.15. The monoisotopic (exact) mass is 322 g/mol. The smallest absolute Gasteiger partial charge is 0.326 e. The molecule has 21 heavy (non-hydrogen) atoms. The molecule has 0 aliphatic rings. The van der Waals surface area contributed by atoms with Crippen molar-refractivity contribution in [3.05, 3.63) is 0 Å². The zero-order valence-electron chi connectivity index (χ0n) is 13.4. The molecular formula is C13H26N2O5S. The first-order valence-corrected chi connectivity index (χ1v) is 8.63. The van der Waals surface area contributed by atoms with Crippen LogP contribution in [0.1, 0.15) is 41.0 Å². The van der Waals surface area contributed by atoms with Crippen LogP contribution in [0.2, 0.25) is 0 Å². The van der Waals surface area contributed by atoms with Crippen molar-refractivity contribution in [2.45, 2.75) is 53.1 Å². The number of aliphatic carboxylic acids is 1. The SMILES string of the molecule is CC(C)CC(NS(C)(=O)=O)C(=O)N[C@@H](C(=O)O)C(C)(C)C. The Kier molecular flexibility index (Phi) is 6.82. The van der Waals surface area contributed by atoms with E-state index in [0.717, 1.165) is 6.26 Å². The number of carbonyl (C=O) groups is 2. The van der Waals surface area contributed by atoms with Gasteiger partial charge in [0.1, 0.15) is 12.1 Å². The van der Waals surface area contributed by atoms with Gasteiger partial charge in [0.2, 0.25) is 15.9 Å². The highest BCUT2D eigenvalue weighted by molar-refractivity contribution is 7.88. The zero-order chi connectivity index (χ0) is 17.0. The first kappa shape index (κ1) is 19.9. The number of carbonyl (C=O) groups excluding carboxylic acids is 1. The van der Waals surface area contributed by atoms with Crippen LogP contribution in [0.3, 0.4) is 0 Å². The lowest BCUT2D eigenvalue weighted by molar-refractivity contribution is -0.145. The molecule has 1 amide bonds. The fraction of sp³-hybridized carbons (Fsp3) is 0.846. The highest BCUT2D eigenvalue weighted by atomic mass is 32.2. The fourth-order valence-corrected chi connectivity index (χ4v) is 2.55. The summed E-state index contributed by atoms with van der Waals surface area (Å²) in [5.41, 5.74) is -0.686. The summed E-state index contributed by atoms with van der Waals surface area (Å²) in [5, 5.41) is 11.6. The Labute approximate surface area is 126 Å². The third kappa shape index (κ3) is 8.01. The summed E-state index contributed by atoms with van der Waals surface area (Å²) in [6.45, 7) is 8.76. The molecule has 1 unspecified atom stereocenters. The number of carboxylic acid groups (broad SMARTS) is 1. The second-order valence-electron chi connectivity index (χ2n) is 6.72. The van der Waals surface area contributed by atoms with E-state index in [4.69, 9.17) is 0 Å². The van der Waals surface area contributed by atoms with Gasteiger partial charge in [0, 0.05) is 0 Å². The maximum Gasteiger partial charge on any atom is 0.326 e. The van der Waals surface area contributed by atoms with Crippen molar-refractivity contribution in [3.8, 4) is 0 Å². The Morgan fingerprint density at radius 1 is 1.19 bits per heavy atom. The molecule has 0 aliphatic heterocycles. The van der Waals surface area contributed by atoms with E-state index in [1.165, 1.54) is 0 Å². The Balaban J connectivity index is 5.16. The van der Waals surface area contributed by atoms with Crippen molar-refractivity contribution >= 4 is 21.9 Å². The third-order valence-electron chi connectivity index (χ3n) is 2.78. The number of rotatable bonds is 7. The van der Waals surface area contributed by atoms with Gasteiger partial charge in [0.15, 0.2) is 0 Å². The summed E-state index contributed by atoms with van der Waals surface area (Å²) in [6, 6.07) is -2.08. The molecule has 124 valence electrons. The van der Waals surface area contributed by atoms with E-state index in [1.54, 1.807) is 20.8 Å². The topological polar surface area (TPSA) is 113 Å². The normalized spacial score (nSPS) is 15.6. The second kappa shape index (κ2) is 7.22. The van der Waals surface area contributed by atoms with Gasteiger partial charge in [0.05, 0.1) is 6.26 Å². The van der Waals surface area contributed by atoms with Crippen molar-refractivity contribution in [2.75, 3.05) is 6.26 Å². The molecule has 3 N–H and O–H groups in total. The van der Waals surface area contributed by atoms with Crippen LogP contribution in [-0.2, 0) is 19.6 Å². The molecule has 0 aromatic heterocycles. The van der Waals surface area contributed by atoms with Crippen LogP contribution in [0.25, 0.3) is 0 Å². The molecule has 0 fully saturated rings. The number of hydrogen-bond donors (Lipinski definition) is 3. The maximum atomic E-state index is 12.2. The van der Waals surface area contributed by atoms with Crippen LogP contribution in [0.4, 0.5) is 0 Å². The fourth-order valence-electron chi connectivity index (χ4n) is 1.83. The molecule has 0 aromatic rings. The zero-order valence-corrected chi connectivity index (χ0v) is 14.2. The average molecular weight is 322 g/mol. The number of nitrogens with one attached hydrogen (secondary N) is 2. The van der Waals surface area contributed by atoms with E-state index in [1.807, 2.05) is 13.8 Å². The summed E-state index contributed by atoms with van der Waals surface area (Å²) in [4.78, 5) is 23.5. The van der Waals surface area contributed by atoms with Crippen LogP contribution in [0, 0.1) is 11.3 Å². The van der Waals surface area contributed by atoms with Crippen LogP contribution in [-0.4, -0.2) is 43.7 Å². The van der Waals surface area contributed by atoms with Gasteiger partial charge < -0.3 is 10.4 Å². The minimum Gasteiger partial charge on any atom is -0.480 e. The van der Waals surface area contributed by atoms with Crippen molar-refractivity contribution in [2.24, 2.45) is 11.3 Å². The Morgan fingerprint density at radius 2 is 1.67 bits per heavy atom. The van der Waals surface area contributed by atoms with Crippen LogP contribution in [0.15, 0.2) is 0 Å². The second-order valence-corrected chi connectivity index (χ2v) is 8.50. The quantitative estimate of drug-likeness (QED) is 0.634. The van der Waals surface area contributed by atoms with E-state index >= 15 is 0 Å². The molecule has 8 heteroatoms. The lowest BCUT2D eigenvalue weighted by atomic mass is 9.86. The van der Waals surface area contributed by atoms with Crippen molar-refractivity contribution < 1.29 is 23.1 Å². The van der Waals surface area contributed by atoms with E-state index < -0.39 is 39.4 Å². The average Bonchev–Trinajstić information content (AvgIpc) is 2.19. The van der Waals surface area contributed by atoms with Crippen molar-refractivity contribution in [3.63, 3.8) is 0 Å². The number of sulfonamides is 1. The highest BCUT2D eigenvalue weighted by Crippen LogP contribution is 2.20. The summed E-state index contributed by atoms with van der Waals surface area (Å²) in [6.07, 6.45) is 1.25. The summed E-state index contributed by atoms with van der Waals surface area (Å²) >= 11 is 0. The van der Waals surface area contributed by atoms with Crippen LogP contribution < -0.4 is 10.0 Å². The molecule has 7 nitrogen and oxygen atoms in total.